The van der Waals surface area contributed by atoms with Gasteiger partial charge in [0, 0.05) is 48.4 Å². The molecule has 2 aliphatic rings. The summed E-state index contributed by atoms with van der Waals surface area (Å²) in [5.74, 6) is 1.95. The molecular formula is C22H23N3O3. The summed E-state index contributed by atoms with van der Waals surface area (Å²) in [6, 6.07) is 10.0. The molecule has 3 heterocycles. The van der Waals surface area contributed by atoms with Crippen LogP contribution in [0.4, 0.5) is 0 Å². The second-order valence-corrected chi connectivity index (χ2v) is 7.65. The van der Waals surface area contributed by atoms with Crippen molar-refractivity contribution in [1.29, 1.82) is 0 Å². The molecule has 1 aromatic heterocycles. The van der Waals surface area contributed by atoms with Crippen molar-refractivity contribution >= 4 is 0 Å². The largest absolute Gasteiger partial charge is 0.507 e. The van der Waals surface area contributed by atoms with Crippen LogP contribution >= 0.6 is 0 Å². The number of nitrogens with one attached hydrogen (secondary N) is 1. The van der Waals surface area contributed by atoms with Gasteiger partial charge >= 0.3 is 0 Å². The van der Waals surface area contributed by atoms with E-state index in [9.17, 15) is 5.11 Å². The summed E-state index contributed by atoms with van der Waals surface area (Å²) in [4.78, 5) is 2.36. The number of aromatic amines is 1. The van der Waals surface area contributed by atoms with Gasteiger partial charge in [0.05, 0.1) is 5.69 Å². The molecule has 0 radical (unpaired) electrons. The molecule has 2 aromatic carbocycles. The number of hydrogen-bond acceptors (Lipinski definition) is 5. The molecule has 0 bridgehead atoms. The summed E-state index contributed by atoms with van der Waals surface area (Å²) in [6.07, 6.45) is 0.915. The highest BCUT2D eigenvalue weighted by molar-refractivity contribution is 5.68. The van der Waals surface area contributed by atoms with Gasteiger partial charge in [0.2, 0.25) is 6.79 Å². The molecule has 0 spiro atoms. The van der Waals surface area contributed by atoms with Gasteiger partial charge in [-0.15, -0.1) is 0 Å². The van der Waals surface area contributed by atoms with Gasteiger partial charge in [0.1, 0.15) is 5.75 Å². The van der Waals surface area contributed by atoms with E-state index < -0.39 is 0 Å². The van der Waals surface area contributed by atoms with E-state index in [4.69, 9.17) is 9.47 Å². The van der Waals surface area contributed by atoms with Crippen molar-refractivity contribution < 1.29 is 14.6 Å². The maximum atomic E-state index is 10.5. The minimum Gasteiger partial charge on any atom is -0.507 e. The molecule has 0 unspecified atom stereocenters. The Bertz CT molecular complexity index is 1060. The number of phenols is 1. The van der Waals surface area contributed by atoms with Crippen LogP contribution in [-0.4, -0.2) is 33.5 Å². The van der Waals surface area contributed by atoms with Crippen LogP contribution in [0.5, 0.6) is 17.2 Å². The number of phenolic OH excluding ortho intramolecular Hbond substituents is 1. The molecule has 0 fully saturated rings. The number of ether oxygens (including phenoxy) is 2. The van der Waals surface area contributed by atoms with Crippen molar-refractivity contribution in [2.45, 2.75) is 33.4 Å². The van der Waals surface area contributed by atoms with Crippen LogP contribution in [0.1, 0.15) is 27.9 Å². The van der Waals surface area contributed by atoms with Crippen LogP contribution in [0, 0.1) is 13.8 Å². The standard InChI is InChI=1S/C22H23N3O3/c1-13-7-14(2)22(26)16(8-13)10-25-6-5-18-17(11-25)21(24-23-18)15-3-4-19-20(9-15)28-12-27-19/h3-4,7-9,26H,5-6,10-12H2,1-2H3,(H,23,24). The van der Waals surface area contributed by atoms with Crippen molar-refractivity contribution in [2.75, 3.05) is 13.3 Å². The fourth-order valence-electron chi connectivity index (χ4n) is 4.18. The van der Waals surface area contributed by atoms with Gasteiger partial charge in [-0.1, -0.05) is 17.7 Å². The quantitative estimate of drug-likeness (QED) is 0.729. The SMILES string of the molecule is Cc1cc(C)c(O)c(CN2CCc3[nH]nc(-c4ccc5c(c4)OCO5)c3C2)c1. The summed E-state index contributed by atoms with van der Waals surface area (Å²) < 4.78 is 10.9. The van der Waals surface area contributed by atoms with Gasteiger partial charge in [-0.05, 0) is 37.6 Å². The van der Waals surface area contributed by atoms with Gasteiger partial charge in [-0.25, -0.2) is 0 Å². The van der Waals surface area contributed by atoms with Gasteiger partial charge < -0.3 is 14.6 Å². The number of H-pyrrole nitrogens is 1. The molecule has 0 aliphatic carbocycles. The Morgan fingerprint density at radius 1 is 1.14 bits per heavy atom. The van der Waals surface area contributed by atoms with Gasteiger partial charge in [-0.2, -0.15) is 5.10 Å². The van der Waals surface area contributed by atoms with E-state index in [1.165, 1.54) is 16.8 Å². The number of aryl methyl sites for hydroxylation is 2. The highest BCUT2D eigenvalue weighted by atomic mass is 16.7. The van der Waals surface area contributed by atoms with Gasteiger partial charge in [-0.3, -0.25) is 10.00 Å². The van der Waals surface area contributed by atoms with Gasteiger partial charge in [0.25, 0.3) is 0 Å². The molecular weight excluding hydrogens is 354 g/mol. The average molecular weight is 377 g/mol. The van der Waals surface area contributed by atoms with E-state index in [0.29, 0.717) is 5.75 Å². The number of aromatic hydroxyl groups is 1. The molecule has 2 aliphatic heterocycles. The molecule has 6 nitrogen and oxygen atoms in total. The van der Waals surface area contributed by atoms with Crippen molar-refractivity contribution in [3.05, 3.63) is 58.3 Å². The lowest BCUT2D eigenvalue weighted by Gasteiger charge is -2.27. The minimum atomic E-state index is 0.268. The summed E-state index contributed by atoms with van der Waals surface area (Å²) in [5, 5.41) is 18.3. The lowest BCUT2D eigenvalue weighted by atomic mass is 9.99. The van der Waals surface area contributed by atoms with E-state index in [2.05, 4.69) is 28.1 Å². The smallest absolute Gasteiger partial charge is 0.231 e. The zero-order valence-corrected chi connectivity index (χ0v) is 16.1. The van der Waals surface area contributed by atoms with E-state index in [1.807, 2.05) is 31.2 Å². The molecule has 0 atom stereocenters. The maximum absolute atomic E-state index is 10.5. The molecule has 28 heavy (non-hydrogen) atoms. The number of benzene rings is 2. The molecule has 2 N–H and O–H groups in total. The van der Waals surface area contributed by atoms with E-state index in [0.717, 1.165) is 59.9 Å². The van der Waals surface area contributed by atoms with E-state index in [-0.39, 0.29) is 6.79 Å². The number of hydrogen-bond donors (Lipinski definition) is 2. The second-order valence-electron chi connectivity index (χ2n) is 7.65. The molecule has 3 aromatic rings. The third kappa shape index (κ3) is 2.90. The first-order valence-corrected chi connectivity index (χ1v) is 9.56. The summed E-state index contributed by atoms with van der Waals surface area (Å²) >= 11 is 0. The Morgan fingerprint density at radius 2 is 2.00 bits per heavy atom. The summed E-state index contributed by atoms with van der Waals surface area (Å²) in [6.45, 7) is 6.74. The first-order chi connectivity index (χ1) is 13.6. The Labute approximate surface area is 163 Å². The Balaban J connectivity index is 1.43. The zero-order valence-electron chi connectivity index (χ0n) is 16.1. The number of aromatic nitrogens is 2. The second kappa shape index (κ2) is 6.56. The van der Waals surface area contributed by atoms with Crippen molar-refractivity contribution in [3.8, 4) is 28.5 Å². The highest BCUT2D eigenvalue weighted by Crippen LogP contribution is 2.38. The maximum Gasteiger partial charge on any atom is 0.231 e. The van der Waals surface area contributed by atoms with E-state index in [1.54, 1.807) is 0 Å². The Hall–Kier alpha value is -2.99. The molecule has 0 saturated carbocycles. The fraction of sp³-hybridized carbons (Fsp3) is 0.318. The van der Waals surface area contributed by atoms with E-state index >= 15 is 0 Å². The Kier molecular flexibility index (Phi) is 4.02. The fourth-order valence-corrected chi connectivity index (χ4v) is 4.18. The average Bonchev–Trinajstić information content (AvgIpc) is 3.31. The van der Waals surface area contributed by atoms with Crippen LogP contribution in [0.2, 0.25) is 0 Å². The predicted molar refractivity (Wildman–Crippen MR) is 106 cm³/mol. The molecule has 0 amide bonds. The van der Waals surface area contributed by atoms with Gasteiger partial charge in [0.15, 0.2) is 11.5 Å². The van der Waals surface area contributed by atoms with Crippen molar-refractivity contribution in [3.63, 3.8) is 0 Å². The van der Waals surface area contributed by atoms with Crippen molar-refractivity contribution in [1.82, 2.24) is 15.1 Å². The topological polar surface area (TPSA) is 70.6 Å². The monoisotopic (exact) mass is 377 g/mol. The minimum absolute atomic E-state index is 0.268. The van der Waals surface area contributed by atoms with Crippen LogP contribution in [-0.2, 0) is 19.5 Å². The van der Waals surface area contributed by atoms with Crippen LogP contribution in [0.3, 0.4) is 0 Å². The zero-order chi connectivity index (χ0) is 19.3. The third-order valence-corrected chi connectivity index (χ3v) is 5.58. The lowest BCUT2D eigenvalue weighted by molar-refractivity contribution is 0.174. The van der Waals surface area contributed by atoms with Crippen LogP contribution < -0.4 is 9.47 Å². The number of nitrogens with zero attached hydrogens (tertiary/aromatic N) is 2. The first kappa shape index (κ1) is 17.1. The normalized spacial score (nSPS) is 15.6. The third-order valence-electron chi connectivity index (χ3n) is 5.58. The lowest BCUT2D eigenvalue weighted by Crippen LogP contribution is -2.30. The molecule has 6 heteroatoms. The summed E-state index contributed by atoms with van der Waals surface area (Å²) in [5.41, 5.74) is 7.47. The Morgan fingerprint density at radius 3 is 2.89 bits per heavy atom. The van der Waals surface area contributed by atoms with Crippen LogP contribution in [0.25, 0.3) is 11.3 Å². The van der Waals surface area contributed by atoms with Crippen LogP contribution in [0.15, 0.2) is 30.3 Å². The number of rotatable bonds is 3. The molecule has 0 saturated heterocycles. The predicted octanol–water partition coefficient (Wildman–Crippen LogP) is 3.69. The molecule has 5 rings (SSSR count). The van der Waals surface area contributed by atoms with Crippen molar-refractivity contribution in [2.24, 2.45) is 0 Å². The summed E-state index contributed by atoms with van der Waals surface area (Å²) in [7, 11) is 0. The highest BCUT2D eigenvalue weighted by Gasteiger charge is 2.25. The number of fused-ring (bicyclic) bond motifs is 2. The first-order valence-electron chi connectivity index (χ1n) is 9.56. The molecule has 144 valence electrons.